The topological polar surface area (TPSA) is 64.7 Å². The second kappa shape index (κ2) is 6.20. The summed E-state index contributed by atoms with van der Waals surface area (Å²) in [6, 6.07) is 0. The summed E-state index contributed by atoms with van der Waals surface area (Å²) in [4.78, 5) is 12.4. The summed E-state index contributed by atoms with van der Waals surface area (Å²) < 4.78 is 42.4. The summed E-state index contributed by atoms with van der Waals surface area (Å²) in [5.41, 5.74) is 1.93. The van der Waals surface area contributed by atoms with Gasteiger partial charge in [-0.3, -0.25) is 14.2 Å². The first kappa shape index (κ1) is 17.5. The van der Waals surface area contributed by atoms with Crippen LogP contribution in [0.2, 0.25) is 0 Å². The molecule has 1 aliphatic carbocycles. The van der Waals surface area contributed by atoms with Crippen molar-refractivity contribution in [3.8, 4) is 0 Å². The lowest BCUT2D eigenvalue weighted by Gasteiger charge is -2.14. The summed E-state index contributed by atoms with van der Waals surface area (Å²) in [6.45, 7) is 3.33. The highest BCUT2D eigenvalue weighted by atomic mass is 19.4. The number of anilines is 1. The van der Waals surface area contributed by atoms with Crippen LogP contribution in [0.5, 0.6) is 0 Å². The molecule has 2 aromatic rings. The van der Waals surface area contributed by atoms with E-state index in [0.29, 0.717) is 36.3 Å². The van der Waals surface area contributed by atoms with Gasteiger partial charge in [-0.15, -0.1) is 0 Å². The molecule has 0 fully saturated rings. The van der Waals surface area contributed by atoms with Crippen LogP contribution in [0, 0.1) is 13.8 Å². The van der Waals surface area contributed by atoms with Gasteiger partial charge in [0.15, 0.2) is 5.69 Å². The third kappa shape index (κ3) is 3.27. The Bertz CT molecular complexity index is 819. The molecule has 0 spiro atoms. The Morgan fingerprint density at radius 1 is 1.20 bits per heavy atom. The number of rotatable bonds is 3. The number of nitrogens with one attached hydrogen (secondary N) is 1. The van der Waals surface area contributed by atoms with Crippen molar-refractivity contribution in [1.29, 1.82) is 0 Å². The molecular formula is C16H20F3N5O. The fourth-order valence-electron chi connectivity index (χ4n) is 3.30. The van der Waals surface area contributed by atoms with Crippen molar-refractivity contribution in [2.24, 2.45) is 7.05 Å². The summed E-state index contributed by atoms with van der Waals surface area (Å²) in [5.74, 6) is -0.413. The van der Waals surface area contributed by atoms with Crippen LogP contribution in [-0.4, -0.2) is 25.5 Å². The molecular weight excluding hydrogens is 335 g/mol. The Morgan fingerprint density at radius 2 is 1.88 bits per heavy atom. The van der Waals surface area contributed by atoms with Crippen LogP contribution < -0.4 is 5.32 Å². The number of alkyl halides is 3. The van der Waals surface area contributed by atoms with Gasteiger partial charge < -0.3 is 5.32 Å². The van der Waals surface area contributed by atoms with Crippen molar-refractivity contribution in [2.75, 3.05) is 5.32 Å². The Hall–Kier alpha value is -2.32. The zero-order chi connectivity index (χ0) is 18.4. The molecule has 25 heavy (non-hydrogen) atoms. The number of hydrogen-bond acceptors (Lipinski definition) is 3. The molecule has 1 amide bonds. The van der Waals surface area contributed by atoms with E-state index in [4.69, 9.17) is 0 Å². The normalized spacial score (nSPS) is 14.5. The minimum absolute atomic E-state index is 0.236. The predicted molar refractivity (Wildman–Crippen MR) is 85.2 cm³/mol. The Balaban J connectivity index is 1.85. The largest absolute Gasteiger partial charge is 0.435 e. The van der Waals surface area contributed by atoms with Gasteiger partial charge in [-0.2, -0.15) is 23.4 Å². The van der Waals surface area contributed by atoms with Crippen molar-refractivity contribution >= 4 is 11.6 Å². The molecule has 0 aromatic carbocycles. The van der Waals surface area contributed by atoms with Crippen molar-refractivity contribution in [1.82, 2.24) is 19.6 Å². The highest BCUT2D eigenvalue weighted by Crippen LogP contribution is 2.35. The van der Waals surface area contributed by atoms with E-state index < -0.39 is 17.8 Å². The standard InChI is InChI=1S/C16H20F3N5O/c1-9-14(10(2)23(3)21-9)20-13(25)8-24-12-7-5-4-6-11(12)15(22-24)16(17,18)19/h4-8H2,1-3H3,(H,20,25). The number of aryl methyl sites for hydroxylation is 2. The van der Waals surface area contributed by atoms with Gasteiger partial charge in [0, 0.05) is 18.3 Å². The Labute approximate surface area is 143 Å². The first-order chi connectivity index (χ1) is 11.7. The predicted octanol–water partition coefficient (Wildman–Crippen LogP) is 2.77. The number of carbonyl (C=O) groups is 1. The first-order valence-corrected chi connectivity index (χ1v) is 8.14. The van der Waals surface area contributed by atoms with Crippen molar-refractivity contribution in [3.63, 3.8) is 0 Å². The highest BCUT2D eigenvalue weighted by molar-refractivity contribution is 5.91. The van der Waals surface area contributed by atoms with E-state index in [2.05, 4.69) is 15.5 Å². The molecule has 0 aliphatic heterocycles. The Morgan fingerprint density at radius 3 is 2.48 bits per heavy atom. The van der Waals surface area contributed by atoms with Crippen LogP contribution in [0.25, 0.3) is 0 Å². The summed E-state index contributed by atoms with van der Waals surface area (Å²) >= 11 is 0. The maximum Gasteiger partial charge on any atom is 0.435 e. The molecule has 3 rings (SSSR count). The number of hydrogen-bond donors (Lipinski definition) is 1. The monoisotopic (exact) mass is 355 g/mol. The van der Waals surface area contributed by atoms with Crippen molar-refractivity contribution in [2.45, 2.75) is 52.3 Å². The van der Waals surface area contributed by atoms with E-state index >= 15 is 0 Å². The molecule has 136 valence electrons. The average molecular weight is 355 g/mol. The van der Waals surface area contributed by atoms with Gasteiger partial charge in [0.05, 0.1) is 17.1 Å². The summed E-state index contributed by atoms with van der Waals surface area (Å²) in [7, 11) is 1.76. The van der Waals surface area contributed by atoms with Crippen LogP contribution >= 0.6 is 0 Å². The van der Waals surface area contributed by atoms with Gasteiger partial charge in [0.25, 0.3) is 0 Å². The van der Waals surface area contributed by atoms with Gasteiger partial charge in [-0.05, 0) is 39.5 Å². The van der Waals surface area contributed by atoms with Crippen molar-refractivity contribution in [3.05, 3.63) is 28.3 Å². The van der Waals surface area contributed by atoms with E-state index in [-0.39, 0.29) is 12.1 Å². The van der Waals surface area contributed by atoms with E-state index in [1.54, 1.807) is 18.7 Å². The van der Waals surface area contributed by atoms with Crippen LogP contribution in [0.4, 0.5) is 18.9 Å². The van der Waals surface area contributed by atoms with Gasteiger partial charge >= 0.3 is 6.18 Å². The number of aromatic nitrogens is 4. The zero-order valence-corrected chi connectivity index (χ0v) is 14.4. The van der Waals surface area contributed by atoms with Crippen LogP contribution in [0.1, 0.15) is 41.2 Å². The number of fused-ring (bicyclic) bond motifs is 1. The molecule has 6 nitrogen and oxygen atoms in total. The fourth-order valence-corrected chi connectivity index (χ4v) is 3.30. The molecule has 1 aliphatic rings. The minimum atomic E-state index is -4.50. The second-order valence-corrected chi connectivity index (χ2v) is 6.35. The maximum atomic E-state index is 13.2. The molecule has 0 bridgehead atoms. The lowest BCUT2D eigenvalue weighted by Crippen LogP contribution is -2.22. The third-order valence-electron chi connectivity index (χ3n) is 4.59. The number of halogens is 3. The number of nitrogens with zero attached hydrogens (tertiary/aromatic N) is 4. The van der Waals surface area contributed by atoms with E-state index in [9.17, 15) is 18.0 Å². The van der Waals surface area contributed by atoms with E-state index in [0.717, 1.165) is 12.1 Å². The third-order valence-corrected chi connectivity index (χ3v) is 4.59. The Kier molecular flexibility index (Phi) is 4.34. The lowest BCUT2D eigenvalue weighted by molar-refractivity contribution is -0.142. The highest BCUT2D eigenvalue weighted by Gasteiger charge is 2.39. The van der Waals surface area contributed by atoms with E-state index in [1.165, 1.54) is 4.68 Å². The maximum absolute atomic E-state index is 13.2. The molecule has 0 unspecified atom stereocenters. The van der Waals surface area contributed by atoms with Crippen LogP contribution in [0.3, 0.4) is 0 Å². The van der Waals surface area contributed by atoms with Gasteiger partial charge in [-0.1, -0.05) is 0 Å². The lowest BCUT2D eigenvalue weighted by atomic mass is 9.95. The quantitative estimate of drug-likeness (QED) is 0.921. The molecule has 2 heterocycles. The molecule has 2 aromatic heterocycles. The number of amides is 1. The van der Waals surface area contributed by atoms with Gasteiger partial charge in [0.1, 0.15) is 6.54 Å². The average Bonchev–Trinajstić information content (AvgIpc) is 3.01. The fraction of sp³-hybridized carbons (Fsp3) is 0.562. The summed E-state index contributed by atoms with van der Waals surface area (Å²) in [6.07, 6.45) is -2.12. The minimum Gasteiger partial charge on any atom is -0.321 e. The molecule has 0 atom stereocenters. The van der Waals surface area contributed by atoms with Crippen molar-refractivity contribution < 1.29 is 18.0 Å². The molecule has 1 N–H and O–H groups in total. The SMILES string of the molecule is Cc1nn(C)c(C)c1NC(=O)Cn1nc(C(F)(F)F)c2c1CCCC2. The second-order valence-electron chi connectivity index (χ2n) is 6.35. The number of carbonyl (C=O) groups excluding carboxylic acids is 1. The van der Waals surface area contributed by atoms with E-state index in [1.807, 2.05) is 6.92 Å². The van der Waals surface area contributed by atoms with Gasteiger partial charge in [-0.25, -0.2) is 0 Å². The van der Waals surface area contributed by atoms with Crippen LogP contribution in [0.15, 0.2) is 0 Å². The molecule has 0 radical (unpaired) electrons. The van der Waals surface area contributed by atoms with Gasteiger partial charge in [0.2, 0.25) is 5.91 Å². The molecule has 0 saturated carbocycles. The zero-order valence-electron chi connectivity index (χ0n) is 14.4. The molecule has 9 heteroatoms. The smallest absolute Gasteiger partial charge is 0.321 e. The van der Waals surface area contributed by atoms with Crippen LogP contribution in [-0.2, 0) is 37.4 Å². The first-order valence-electron chi connectivity index (χ1n) is 8.14. The summed E-state index contributed by atoms with van der Waals surface area (Å²) in [5, 5.41) is 10.7. The molecule has 0 saturated heterocycles.